The minimum Gasteiger partial charge on any atom is -0.369 e. The number of aryl methyl sites for hydroxylation is 3. The van der Waals surface area contributed by atoms with Gasteiger partial charge in [0.25, 0.3) is 5.78 Å². The first-order valence-corrected chi connectivity index (χ1v) is 11.7. The summed E-state index contributed by atoms with van der Waals surface area (Å²) >= 11 is 0. The fourth-order valence-corrected chi connectivity index (χ4v) is 4.74. The summed E-state index contributed by atoms with van der Waals surface area (Å²) in [6.45, 7) is 15.4. The van der Waals surface area contributed by atoms with Gasteiger partial charge in [-0.1, -0.05) is 12.1 Å². The van der Waals surface area contributed by atoms with Crippen LogP contribution in [0.3, 0.4) is 0 Å². The third-order valence-electron chi connectivity index (χ3n) is 6.74. The average molecular weight is 435 g/mol. The van der Waals surface area contributed by atoms with Gasteiger partial charge in [-0.05, 0) is 45.0 Å². The third kappa shape index (κ3) is 4.29. The molecule has 8 nitrogen and oxygen atoms in total. The summed E-state index contributed by atoms with van der Waals surface area (Å²) in [6.07, 6.45) is 0. The van der Waals surface area contributed by atoms with Crippen LogP contribution in [0, 0.1) is 20.8 Å². The number of anilines is 2. The Bertz CT molecular complexity index is 1090. The lowest BCUT2D eigenvalue weighted by Gasteiger charge is -2.36. The molecule has 1 aromatic carbocycles. The molecular formula is C24H34N8. The van der Waals surface area contributed by atoms with Crippen LogP contribution in [0.2, 0.25) is 0 Å². The predicted molar refractivity (Wildman–Crippen MR) is 129 cm³/mol. The molecule has 2 aliphatic rings. The van der Waals surface area contributed by atoms with Gasteiger partial charge in [0.05, 0.1) is 6.54 Å². The highest BCUT2D eigenvalue weighted by Gasteiger charge is 2.22. The monoisotopic (exact) mass is 434 g/mol. The zero-order valence-corrected chi connectivity index (χ0v) is 19.8. The number of hydrogen-bond acceptors (Lipinski definition) is 7. The van der Waals surface area contributed by atoms with Gasteiger partial charge in [-0.2, -0.15) is 9.50 Å². The maximum absolute atomic E-state index is 4.88. The Morgan fingerprint density at radius 2 is 1.53 bits per heavy atom. The molecular weight excluding hydrogens is 400 g/mol. The standard InChI is InChI=1S/C24H34N8/c1-18-5-6-19(2)21(15-18)30-13-9-29(10-14-30)17-22-26-24-25-20(3)16-23(32(24)27-22)31-11-7-28(4)8-12-31/h5-6,15-16H,7-14,17H2,1-4H3. The van der Waals surface area contributed by atoms with Crippen molar-refractivity contribution in [1.82, 2.24) is 29.4 Å². The van der Waals surface area contributed by atoms with E-state index in [1.165, 1.54) is 16.8 Å². The zero-order valence-electron chi connectivity index (χ0n) is 19.8. The first-order chi connectivity index (χ1) is 15.5. The van der Waals surface area contributed by atoms with E-state index in [0.29, 0.717) is 5.78 Å². The maximum atomic E-state index is 4.88. The molecule has 2 aliphatic heterocycles. The molecule has 0 unspecified atom stereocenters. The van der Waals surface area contributed by atoms with Gasteiger partial charge in [0.1, 0.15) is 5.82 Å². The van der Waals surface area contributed by atoms with Crippen molar-refractivity contribution < 1.29 is 0 Å². The third-order valence-corrected chi connectivity index (χ3v) is 6.74. The Morgan fingerprint density at radius 3 is 2.28 bits per heavy atom. The van der Waals surface area contributed by atoms with E-state index in [1.807, 2.05) is 11.4 Å². The maximum Gasteiger partial charge on any atom is 0.254 e. The van der Waals surface area contributed by atoms with Crippen LogP contribution in [0.5, 0.6) is 0 Å². The lowest BCUT2D eigenvalue weighted by atomic mass is 10.1. The van der Waals surface area contributed by atoms with E-state index < -0.39 is 0 Å². The Labute approximate surface area is 190 Å². The van der Waals surface area contributed by atoms with Crippen LogP contribution in [0.25, 0.3) is 5.78 Å². The molecule has 5 rings (SSSR count). The minimum atomic E-state index is 0.711. The largest absolute Gasteiger partial charge is 0.369 e. The highest BCUT2D eigenvalue weighted by atomic mass is 15.4. The van der Waals surface area contributed by atoms with E-state index in [1.54, 1.807) is 0 Å². The topological polar surface area (TPSA) is 56.0 Å². The molecule has 0 aliphatic carbocycles. The Balaban J connectivity index is 1.29. The Morgan fingerprint density at radius 1 is 0.812 bits per heavy atom. The van der Waals surface area contributed by atoms with E-state index in [-0.39, 0.29) is 0 Å². The summed E-state index contributed by atoms with van der Waals surface area (Å²) in [5.74, 6) is 2.68. The van der Waals surface area contributed by atoms with Gasteiger partial charge in [0.2, 0.25) is 0 Å². The van der Waals surface area contributed by atoms with Gasteiger partial charge in [0.15, 0.2) is 5.82 Å². The second-order valence-electron chi connectivity index (χ2n) is 9.34. The fraction of sp³-hybridized carbons (Fsp3) is 0.542. The minimum absolute atomic E-state index is 0.711. The second kappa shape index (κ2) is 8.67. The molecule has 4 heterocycles. The second-order valence-corrected chi connectivity index (χ2v) is 9.34. The van der Waals surface area contributed by atoms with Crippen LogP contribution in [-0.4, -0.2) is 88.8 Å². The molecule has 0 bridgehead atoms. The van der Waals surface area contributed by atoms with Crippen molar-refractivity contribution in [1.29, 1.82) is 0 Å². The van der Waals surface area contributed by atoms with Crippen LogP contribution in [0.1, 0.15) is 22.6 Å². The van der Waals surface area contributed by atoms with Crippen molar-refractivity contribution in [2.24, 2.45) is 0 Å². The van der Waals surface area contributed by atoms with Gasteiger partial charge in [0, 0.05) is 69.8 Å². The SMILES string of the molecule is Cc1ccc(C)c(N2CCN(Cc3nc4nc(C)cc(N5CCN(C)CC5)n4n3)CC2)c1. The first-order valence-electron chi connectivity index (χ1n) is 11.7. The van der Waals surface area contributed by atoms with Gasteiger partial charge >= 0.3 is 0 Å². The number of piperazine rings is 2. The molecule has 0 atom stereocenters. The molecule has 0 N–H and O–H groups in total. The van der Waals surface area contributed by atoms with Crippen molar-refractivity contribution in [3.8, 4) is 0 Å². The molecule has 2 aromatic heterocycles. The van der Waals surface area contributed by atoms with E-state index in [9.17, 15) is 0 Å². The number of benzene rings is 1. The molecule has 2 saturated heterocycles. The number of likely N-dealkylation sites (N-methyl/N-ethyl adjacent to an activating group) is 1. The van der Waals surface area contributed by atoms with Crippen molar-refractivity contribution in [3.05, 3.63) is 46.9 Å². The molecule has 3 aromatic rings. The Hall–Kier alpha value is -2.71. The molecule has 0 amide bonds. The first kappa shape index (κ1) is 21.2. The van der Waals surface area contributed by atoms with Crippen molar-refractivity contribution >= 4 is 17.3 Å². The summed E-state index contributed by atoms with van der Waals surface area (Å²) < 4.78 is 1.94. The summed E-state index contributed by atoms with van der Waals surface area (Å²) in [5.41, 5.74) is 5.03. The molecule has 170 valence electrons. The highest BCUT2D eigenvalue weighted by molar-refractivity contribution is 5.55. The van der Waals surface area contributed by atoms with Crippen LogP contribution in [0.4, 0.5) is 11.5 Å². The summed E-state index contributed by atoms with van der Waals surface area (Å²) in [4.78, 5) is 19.2. The number of aromatic nitrogens is 4. The van der Waals surface area contributed by atoms with E-state index in [4.69, 9.17) is 10.1 Å². The van der Waals surface area contributed by atoms with Crippen molar-refractivity contribution in [3.63, 3.8) is 0 Å². The van der Waals surface area contributed by atoms with Crippen LogP contribution < -0.4 is 9.80 Å². The van der Waals surface area contributed by atoms with Gasteiger partial charge in [-0.15, -0.1) is 5.10 Å². The van der Waals surface area contributed by atoms with Gasteiger partial charge in [-0.25, -0.2) is 4.98 Å². The molecule has 2 fully saturated rings. The van der Waals surface area contributed by atoms with E-state index in [2.05, 4.69) is 69.7 Å². The van der Waals surface area contributed by atoms with Gasteiger partial charge < -0.3 is 14.7 Å². The summed E-state index contributed by atoms with van der Waals surface area (Å²) in [7, 11) is 2.18. The summed E-state index contributed by atoms with van der Waals surface area (Å²) in [5, 5.41) is 4.88. The van der Waals surface area contributed by atoms with Crippen molar-refractivity contribution in [2.75, 3.05) is 69.2 Å². The number of nitrogens with zero attached hydrogens (tertiary/aromatic N) is 8. The molecule has 0 radical (unpaired) electrons. The zero-order chi connectivity index (χ0) is 22.2. The van der Waals surface area contributed by atoms with Crippen LogP contribution >= 0.6 is 0 Å². The fourth-order valence-electron chi connectivity index (χ4n) is 4.74. The smallest absolute Gasteiger partial charge is 0.254 e. The quantitative estimate of drug-likeness (QED) is 0.623. The van der Waals surface area contributed by atoms with E-state index >= 15 is 0 Å². The molecule has 0 spiro atoms. The molecule has 8 heteroatoms. The Kier molecular flexibility index (Phi) is 5.73. The van der Waals surface area contributed by atoms with Crippen LogP contribution in [0.15, 0.2) is 24.3 Å². The van der Waals surface area contributed by atoms with Crippen LogP contribution in [-0.2, 0) is 6.54 Å². The van der Waals surface area contributed by atoms with Gasteiger partial charge in [-0.3, -0.25) is 4.90 Å². The highest BCUT2D eigenvalue weighted by Crippen LogP contribution is 2.23. The lowest BCUT2D eigenvalue weighted by Crippen LogP contribution is -2.46. The summed E-state index contributed by atoms with van der Waals surface area (Å²) in [6, 6.07) is 8.86. The normalized spacial score (nSPS) is 18.6. The number of rotatable bonds is 4. The lowest BCUT2D eigenvalue weighted by molar-refractivity contribution is 0.244. The molecule has 32 heavy (non-hydrogen) atoms. The number of fused-ring (bicyclic) bond motifs is 1. The van der Waals surface area contributed by atoms with E-state index in [0.717, 1.165) is 76.2 Å². The average Bonchev–Trinajstić information content (AvgIpc) is 3.18. The number of hydrogen-bond donors (Lipinski definition) is 0. The predicted octanol–water partition coefficient (Wildman–Crippen LogP) is 2.12. The van der Waals surface area contributed by atoms with Crippen molar-refractivity contribution in [2.45, 2.75) is 27.3 Å². The molecule has 0 saturated carbocycles.